The van der Waals surface area contributed by atoms with E-state index in [1.807, 2.05) is 0 Å². The Morgan fingerprint density at radius 1 is 0.391 bits per heavy atom. The van der Waals surface area contributed by atoms with Gasteiger partial charge in [0.2, 0.25) is 130 Å². The van der Waals surface area contributed by atoms with Crippen molar-refractivity contribution in [1.82, 2.24) is 106 Å². The van der Waals surface area contributed by atoms with Crippen molar-refractivity contribution in [3.05, 3.63) is 35.9 Å². The number of carbonyl (C=O) groups is 23. The topological polar surface area (TPSA) is 708 Å². The van der Waals surface area contributed by atoms with Crippen LogP contribution in [0.25, 0.3) is 0 Å². The highest BCUT2D eigenvalue weighted by atomic mass is 16.4. The van der Waals surface area contributed by atoms with E-state index in [0.29, 0.717) is 12.8 Å². The maximum absolute atomic E-state index is 14.6. The summed E-state index contributed by atoms with van der Waals surface area (Å²) >= 11 is 0. The molecule has 2 aliphatic rings. The van der Waals surface area contributed by atoms with Gasteiger partial charge >= 0.3 is 5.97 Å². The number of carboxylic acid groups (broad SMARTS) is 1. The van der Waals surface area contributed by atoms with E-state index >= 15 is 0 Å². The Balaban J connectivity index is 1.64. The first-order valence-electron chi connectivity index (χ1n) is 45.9. The zero-order valence-electron chi connectivity index (χ0n) is 83.9. The van der Waals surface area contributed by atoms with Crippen molar-refractivity contribution in [3.8, 4) is 0 Å². The summed E-state index contributed by atoms with van der Waals surface area (Å²) < 4.78 is 0. The van der Waals surface area contributed by atoms with Crippen LogP contribution in [0.5, 0.6) is 0 Å². The molecule has 2 fully saturated rings. The number of hydrogen-bond acceptors (Lipinski definition) is 24. The first-order valence-corrected chi connectivity index (χ1v) is 45.9. The van der Waals surface area contributed by atoms with Gasteiger partial charge in [0, 0.05) is 32.9 Å². The molecule has 0 saturated carbocycles. The molecule has 0 spiro atoms. The standard InChI is InChI=1S/C91H148N22O25/c1-46(2)41-56(70(125)107-91(24,25)83(138)112-39-29-33-58(112)72(127)102-64(47(3)4)74(129)110-89(20,21)81(136)111-88(18,19)79(134)101-55(36-38-63(119)120)69(124)99-54(35-37-60(92)116)68(123)97-53(45-114)42-52-31-27-26-28-32-52)98-62(118)44-94-76(131)84(10,11)109-75(130)65(48(5)6)103-80(135)87(16,17)106-71(126)57(43-61(93)117)100-66(121)49(7)95-77(132)85(12,13)105-67(122)50(8)96-78(133)86(14,15)108-73(128)59-34-30-40-113(59)82(137)90(22,23)104-51(9)115/h26-28,31-32,46-50,53-59,64-65,114H,29-30,33-45H2,1-25H3,(H2,92,116)(H2,93,117)(H,94,131)(H,95,132)(H,96,133)(H,97,123)(H,98,118)(H,99,124)(H,100,121)(H,101,134)(H,102,127)(H,103,135)(H,104,115)(H,105,122)(H,106,126)(H,107,125)(H,108,128)(H,109,130)(H,110,129)(H,111,136)(H,119,120)/t49-,50-,53-,54-,55-,56-,57-,58-,59-,64-,65-/m0/s1. The molecule has 1 aromatic carbocycles. The lowest BCUT2D eigenvalue weighted by Gasteiger charge is -2.36. The highest BCUT2D eigenvalue weighted by Gasteiger charge is 2.49. The molecule has 0 unspecified atom stereocenters. The number of amides is 22. The third-order valence-corrected chi connectivity index (χ3v) is 22.9. The number of nitrogens with two attached hydrogens (primary N) is 2. The number of hydrogen-bond donors (Lipinski definition) is 22. The Bertz CT molecular complexity index is 4680. The summed E-state index contributed by atoms with van der Waals surface area (Å²) in [5.74, 6) is -22.2. The fraction of sp³-hybridized carbons (Fsp3) is 0.681. The molecule has 47 heteroatoms. The monoisotopic (exact) mass is 1950 g/mol. The summed E-state index contributed by atoms with van der Waals surface area (Å²) in [4.78, 5) is 315. The fourth-order valence-corrected chi connectivity index (χ4v) is 14.6. The van der Waals surface area contributed by atoms with Gasteiger partial charge in [-0.15, -0.1) is 0 Å². The zero-order valence-corrected chi connectivity index (χ0v) is 83.9. The number of aliphatic hydroxyl groups excluding tert-OH is 1. The van der Waals surface area contributed by atoms with Crippen LogP contribution in [0.15, 0.2) is 30.3 Å². The molecule has 0 aromatic heterocycles. The lowest BCUT2D eigenvalue weighted by molar-refractivity contribution is -0.146. The minimum atomic E-state index is -1.95. The molecule has 0 aliphatic carbocycles. The van der Waals surface area contributed by atoms with Gasteiger partial charge in [0.05, 0.1) is 25.6 Å². The van der Waals surface area contributed by atoms with Gasteiger partial charge in [-0.25, -0.2) is 0 Å². The Labute approximate surface area is 804 Å². The molecule has 138 heavy (non-hydrogen) atoms. The van der Waals surface area contributed by atoms with E-state index < -0.39 is 297 Å². The molecule has 11 atom stereocenters. The number of aliphatic carboxylic acids is 1. The maximum atomic E-state index is 14.6. The lowest BCUT2D eigenvalue weighted by Crippen LogP contribution is -2.66. The van der Waals surface area contributed by atoms with Crippen LogP contribution in [0.1, 0.15) is 243 Å². The molecule has 2 heterocycles. The molecule has 22 amide bonds. The van der Waals surface area contributed by atoms with Gasteiger partial charge in [0.15, 0.2) is 0 Å². The number of carbonyl (C=O) groups excluding carboxylic acids is 22. The third-order valence-electron chi connectivity index (χ3n) is 22.9. The molecule has 1 aromatic rings. The smallest absolute Gasteiger partial charge is 0.303 e. The van der Waals surface area contributed by atoms with Crippen molar-refractivity contribution in [2.24, 2.45) is 29.2 Å². The van der Waals surface area contributed by atoms with E-state index in [1.54, 1.807) is 71.9 Å². The second-order valence-electron chi connectivity index (χ2n) is 40.5. The van der Waals surface area contributed by atoms with Crippen LogP contribution in [0.3, 0.4) is 0 Å². The predicted molar refractivity (Wildman–Crippen MR) is 500 cm³/mol. The van der Waals surface area contributed by atoms with E-state index in [4.69, 9.17) is 11.5 Å². The van der Waals surface area contributed by atoms with Crippen molar-refractivity contribution in [3.63, 3.8) is 0 Å². The minimum absolute atomic E-state index is 0.00180. The van der Waals surface area contributed by atoms with Crippen LogP contribution in [-0.4, -0.2) is 293 Å². The van der Waals surface area contributed by atoms with Crippen LogP contribution in [0.2, 0.25) is 0 Å². The van der Waals surface area contributed by atoms with E-state index in [9.17, 15) is 120 Å². The molecule has 47 nitrogen and oxygen atoms in total. The average molecular weight is 1950 g/mol. The fourth-order valence-electron chi connectivity index (χ4n) is 14.6. The number of primary amides is 2. The molecule has 0 bridgehead atoms. The maximum Gasteiger partial charge on any atom is 0.303 e. The van der Waals surface area contributed by atoms with Gasteiger partial charge in [0.1, 0.15) is 105 Å². The molecular weight excluding hydrogens is 1800 g/mol. The Morgan fingerprint density at radius 2 is 0.790 bits per heavy atom. The van der Waals surface area contributed by atoms with Crippen LogP contribution in [0.4, 0.5) is 0 Å². The Morgan fingerprint density at radius 3 is 1.27 bits per heavy atom. The van der Waals surface area contributed by atoms with Gasteiger partial charge in [-0.2, -0.15) is 0 Å². The number of likely N-dealkylation sites (tertiary alicyclic amines) is 2. The third kappa shape index (κ3) is 36.5. The second kappa shape index (κ2) is 50.4. The number of aliphatic hydroxyl groups is 1. The number of carboxylic acids is 1. The molecular formula is C91H148N22O25. The predicted octanol–water partition coefficient (Wildman–Crippen LogP) is -4.74. The van der Waals surface area contributed by atoms with Gasteiger partial charge < -0.3 is 127 Å². The molecule has 3 rings (SSSR count). The number of benzene rings is 1. The van der Waals surface area contributed by atoms with Crippen molar-refractivity contribution >= 4 is 136 Å². The number of nitrogens with zero attached hydrogens (tertiary/aromatic N) is 2. The number of nitrogens with one attached hydrogen (secondary N) is 18. The second-order valence-corrected chi connectivity index (χ2v) is 40.5. The Kier molecular flexibility index (Phi) is 43.5. The van der Waals surface area contributed by atoms with Gasteiger partial charge in [0.25, 0.3) is 0 Å². The summed E-state index contributed by atoms with van der Waals surface area (Å²) in [6.07, 6.45) is -1.41. The van der Waals surface area contributed by atoms with Crippen molar-refractivity contribution in [1.29, 1.82) is 0 Å². The minimum Gasteiger partial charge on any atom is -0.481 e. The first-order chi connectivity index (χ1) is 63.3. The quantitative estimate of drug-likeness (QED) is 0.0291. The highest BCUT2D eigenvalue weighted by molar-refractivity contribution is 6.05. The van der Waals surface area contributed by atoms with Gasteiger partial charge in [-0.1, -0.05) is 71.9 Å². The van der Waals surface area contributed by atoms with Crippen LogP contribution in [-0.2, 0) is 117 Å². The van der Waals surface area contributed by atoms with Gasteiger partial charge in [-0.3, -0.25) is 110 Å². The highest BCUT2D eigenvalue weighted by Crippen LogP contribution is 2.27. The summed E-state index contributed by atoms with van der Waals surface area (Å²) in [5, 5.41) is 65.1. The van der Waals surface area contributed by atoms with Crippen molar-refractivity contribution in [2.75, 3.05) is 26.2 Å². The largest absolute Gasteiger partial charge is 0.481 e. The van der Waals surface area contributed by atoms with E-state index in [-0.39, 0.29) is 51.1 Å². The van der Waals surface area contributed by atoms with E-state index in [1.165, 1.54) is 141 Å². The SMILES string of the molecule is CC(=O)NC(C)(C)C(=O)N1CCC[C@H]1C(=O)NC(C)(C)C(=O)N[C@@H](C)C(=O)NC(C)(C)C(=O)N[C@@H](C)C(=O)N[C@@H](CC(N)=O)C(=O)NC(C)(C)C(=O)N[C@H](C(=O)NC(C)(C)C(=O)NCC(=O)N[C@@H](CC(C)C)C(=O)NC(C)(C)C(=O)N1CCC[C@H]1C(=O)N[C@H](C(=O)NC(C)(C)C(=O)NC(C)(C)C(=O)N[C@@H](CCC(=O)O)C(=O)N[C@@H](CCC(N)=O)C(=O)N[C@H](CO)Cc1ccccc1)C(C)C)C(C)C. The molecule has 772 valence electrons. The normalized spacial score (nSPS) is 16.2. The zero-order chi connectivity index (χ0) is 106. The Hall–Kier alpha value is -13.0. The lowest BCUT2D eigenvalue weighted by atomic mass is 9.96. The molecule has 2 aliphatic heterocycles. The summed E-state index contributed by atoms with van der Waals surface area (Å²) in [7, 11) is 0. The van der Waals surface area contributed by atoms with E-state index in [0.717, 1.165) is 5.56 Å². The van der Waals surface area contributed by atoms with Crippen LogP contribution in [0, 0.1) is 17.8 Å². The summed E-state index contributed by atoms with van der Waals surface area (Å²) in [6, 6.07) is -6.07. The molecule has 2 saturated heterocycles. The number of rotatable bonds is 52. The van der Waals surface area contributed by atoms with Crippen molar-refractivity contribution < 1.29 is 120 Å². The van der Waals surface area contributed by atoms with Crippen molar-refractivity contribution in [2.45, 2.75) is 354 Å². The van der Waals surface area contributed by atoms with Gasteiger partial charge in [-0.05, 0) is 199 Å². The first kappa shape index (κ1) is 119. The molecule has 24 N–H and O–H groups in total. The van der Waals surface area contributed by atoms with Crippen LogP contribution < -0.4 is 107 Å². The molecule has 0 radical (unpaired) electrons. The van der Waals surface area contributed by atoms with E-state index in [2.05, 4.69) is 95.7 Å². The van der Waals surface area contributed by atoms with Crippen LogP contribution >= 0.6 is 0 Å². The summed E-state index contributed by atoms with van der Waals surface area (Å²) in [5.41, 5.74) is -2.51. The average Bonchev–Trinajstić information content (AvgIpc) is 1.59. The summed E-state index contributed by atoms with van der Waals surface area (Å²) in [6.45, 7) is 33.6.